The fraction of sp³-hybridized carbons (Fsp3) is 0.600. The lowest BCUT2D eigenvalue weighted by Gasteiger charge is -2.19. The number of aromatic nitrogens is 3. The molecular weight excluding hydrogens is 252 g/mol. The Hall–Kier alpha value is -1.46. The van der Waals surface area contributed by atoms with Gasteiger partial charge in [0, 0.05) is 30.7 Å². The van der Waals surface area contributed by atoms with Crippen LogP contribution in [0.5, 0.6) is 0 Å². The summed E-state index contributed by atoms with van der Waals surface area (Å²) in [6.45, 7) is 5.50. The molecule has 3 rings (SSSR count). The van der Waals surface area contributed by atoms with Crippen molar-refractivity contribution in [2.75, 3.05) is 13.6 Å². The summed E-state index contributed by atoms with van der Waals surface area (Å²) in [6, 6.07) is 2.05. The van der Waals surface area contributed by atoms with Crippen LogP contribution in [0.25, 0.3) is 5.78 Å². The lowest BCUT2D eigenvalue weighted by Crippen LogP contribution is -2.30. The molecule has 0 amide bonds. The van der Waals surface area contributed by atoms with Gasteiger partial charge in [0.05, 0.1) is 11.8 Å². The molecule has 108 valence electrons. The maximum atomic E-state index is 9.98. The maximum Gasteiger partial charge on any atom is 0.234 e. The van der Waals surface area contributed by atoms with E-state index in [4.69, 9.17) is 0 Å². The number of fused-ring (bicyclic) bond motifs is 1. The maximum absolute atomic E-state index is 9.98. The Morgan fingerprint density at radius 3 is 2.85 bits per heavy atom. The van der Waals surface area contributed by atoms with E-state index in [1.165, 1.54) is 12.8 Å². The zero-order chi connectivity index (χ0) is 14.3. The Labute approximate surface area is 119 Å². The minimum atomic E-state index is -0.195. The van der Waals surface area contributed by atoms with Crippen molar-refractivity contribution in [3.63, 3.8) is 0 Å². The molecule has 1 fully saturated rings. The normalized spacial score (nSPS) is 17.1. The summed E-state index contributed by atoms with van der Waals surface area (Å²) in [5, 5.41) is 9.98. The van der Waals surface area contributed by atoms with E-state index in [9.17, 15) is 5.11 Å². The van der Waals surface area contributed by atoms with Crippen LogP contribution in [0, 0.1) is 19.8 Å². The SMILES string of the molecule is Cc1cc(C)n2cc(CN(C)CC(O)C3CC3)nc2n1. The first-order chi connectivity index (χ1) is 9.52. The molecule has 2 aromatic rings. The molecule has 0 radical (unpaired) electrons. The Bertz CT molecular complexity index is 618. The first-order valence-electron chi connectivity index (χ1n) is 7.22. The molecule has 1 unspecified atom stereocenters. The summed E-state index contributed by atoms with van der Waals surface area (Å²) < 4.78 is 2.02. The van der Waals surface area contributed by atoms with E-state index < -0.39 is 0 Å². The topological polar surface area (TPSA) is 53.7 Å². The number of aliphatic hydroxyl groups excluding tert-OH is 1. The van der Waals surface area contributed by atoms with Crippen molar-refractivity contribution in [1.29, 1.82) is 0 Å². The summed E-state index contributed by atoms with van der Waals surface area (Å²) in [4.78, 5) is 11.2. The molecule has 5 heteroatoms. The van der Waals surface area contributed by atoms with Crippen LogP contribution in [-0.2, 0) is 6.54 Å². The molecule has 0 bridgehead atoms. The third kappa shape index (κ3) is 2.83. The molecule has 1 N–H and O–H groups in total. The molecule has 1 aliphatic carbocycles. The van der Waals surface area contributed by atoms with Gasteiger partial charge in [0.1, 0.15) is 0 Å². The van der Waals surface area contributed by atoms with E-state index in [2.05, 4.69) is 27.9 Å². The van der Waals surface area contributed by atoms with Crippen molar-refractivity contribution in [2.45, 2.75) is 39.3 Å². The minimum Gasteiger partial charge on any atom is -0.392 e. The van der Waals surface area contributed by atoms with Crippen molar-refractivity contribution in [3.05, 3.63) is 29.3 Å². The number of rotatable bonds is 5. The van der Waals surface area contributed by atoms with E-state index in [1.807, 2.05) is 24.6 Å². The minimum absolute atomic E-state index is 0.195. The van der Waals surface area contributed by atoms with Gasteiger partial charge in [-0.25, -0.2) is 9.97 Å². The first-order valence-corrected chi connectivity index (χ1v) is 7.22. The van der Waals surface area contributed by atoms with Crippen LogP contribution in [0.2, 0.25) is 0 Å². The van der Waals surface area contributed by atoms with Crippen LogP contribution in [0.4, 0.5) is 0 Å². The second-order valence-electron chi connectivity index (χ2n) is 6.04. The van der Waals surface area contributed by atoms with Crippen LogP contribution < -0.4 is 0 Å². The fourth-order valence-corrected chi connectivity index (χ4v) is 2.68. The van der Waals surface area contributed by atoms with Crippen molar-refractivity contribution in [2.24, 2.45) is 5.92 Å². The molecule has 5 nitrogen and oxygen atoms in total. The van der Waals surface area contributed by atoms with E-state index in [0.717, 1.165) is 29.4 Å². The van der Waals surface area contributed by atoms with Crippen LogP contribution in [0.3, 0.4) is 0 Å². The quantitative estimate of drug-likeness (QED) is 0.899. The number of likely N-dealkylation sites (N-methyl/N-ethyl adjacent to an activating group) is 1. The van der Waals surface area contributed by atoms with Crippen LogP contribution in [0.1, 0.15) is 29.9 Å². The molecule has 2 heterocycles. The van der Waals surface area contributed by atoms with Gasteiger partial charge in [0.2, 0.25) is 5.78 Å². The first kappa shape index (κ1) is 13.5. The van der Waals surface area contributed by atoms with Gasteiger partial charge in [0.15, 0.2) is 0 Å². The molecule has 1 saturated carbocycles. The van der Waals surface area contributed by atoms with E-state index in [0.29, 0.717) is 12.5 Å². The van der Waals surface area contributed by atoms with E-state index in [-0.39, 0.29) is 6.10 Å². The van der Waals surface area contributed by atoms with Crippen molar-refractivity contribution in [3.8, 4) is 0 Å². The molecule has 1 aliphatic rings. The second-order valence-corrected chi connectivity index (χ2v) is 6.04. The number of hydrogen-bond acceptors (Lipinski definition) is 4. The number of imidazole rings is 1. The van der Waals surface area contributed by atoms with Gasteiger partial charge in [-0.3, -0.25) is 9.30 Å². The third-order valence-electron chi connectivity index (χ3n) is 3.91. The summed E-state index contributed by atoms with van der Waals surface area (Å²) in [5.74, 6) is 1.28. The summed E-state index contributed by atoms with van der Waals surface area (Å²) in [5.41, 5.74) is 3.13. The number of hydrogen-bond donors (Lipinski definition) is 1. The van der Waals surface area contributed by atoms with Gasteiger partial charge in [-0.05, 0) is 45.7 Å². The lowest BCUT2D eigenvalue weighted by molar-refractivity contribution is 0.104. The average Bonchev–Trinajstić information content (AvgIpc) is 3.11. The molecular formula is C15H22N4O. The zero-order valence-electron chi connectivity index (χ0n) is 12.4. The highest BCUT2D eigenvalue weighted by molar-refractivity contribution is 5.34. The van der Waals surface area contributed by atoms with Crippen LogP contribution >= 0.6 is 0 Å². The monoisotopic (exact) mass is 274 g/mol. The summed E-state index contributed by atoms with van der Waals surface area (Å²) in [7, 11) is 2.03. The Kier molecular flexibility index (Phi) is 3.48. The molecule has 0 saturated heterocycles. The van der Waals surface area contributed by atoms with E-state index >= 15 is 0 Å². The summed E-state index contributed by atoms with van der Waals surface area (Å²) in [6.07, 6.45) is 4.19. The zero-order valence-corrected chi connectivity index (χ0v) is 12.4. The lowest BCUT2D eigenvalue weighted by atomic mass is 10.2. The molecule has 0 aromatic carbocycles. The predicted molar refractivity (Wildman–Crippen MR) is 77.5 cm³/mol. The largest absolute Gasteiger partial charge is 0.392 e. The highest BCUT2D eigenvalue weighted by Crippen LogP contribution is 2.32. The van der Waals surface area contributed by atoms with Crippen molar-refractivity contribution >= 4 is 5.78 Å². The van der Waals surface area contributed by atoms with Crippen LogP contribution in [0.15, 0.2) is 12.3 Å². The van der Waals surface area contributed by atoms with Crippen LogP contribution in [-0.4, -0.2) is 44.1 Å². The van der Waals surface area contributed by atoms with Gasteiger partial charge >= 0.3 is 0 Å². The van der Waals surface area contributed by atoms with Gasteiger partial charge in [0.25, 0.3) is 0 Å². The Morgan fingerprint density at radius 1 is 1.40 bits per heavy atom. The van der Waals surface area contributed by atoms with Gasteiger partial charge in [-0.2, -0.15) is 0 Å². The molecule has 20 heavy (non-hydrogen) atoms. The highest BCUT2D eigenvalue weighted by atomic mass is 16.3. The molecule has 1 atom stereocenters. The molecule has 0 aliphatic heterocycles. The van der Waals surface area contributed by atoms with Gasteiger partial charge in [-0.1, -0.05) is 0 Å². The van der Waals surface area contributed by atoms with Crippen molar-refractivity contribution < 1.29 is 5.11 Å². The Morgan fingerprint density at radius 2 is 2.15 bits per heavy atom. The van der Waals surface area contributed by atoms with E-state index in [1.54, 1.807) is 0 Å². The van der Waals surface area contributed by atoms with Gasteiger partial charge in [-0.15, -0.1) is 0 Å². The third-order valence-corrected chi connectivity index (χ3v) is 3.91. The number of nitrogens with zero attached hydrogens (tertiary/aromatic N) is 4. The summed E-state index contributed by atoms with van der Waals surface area (Å²) >= 11 is 0. The average molecular weight is 274 g/mol. The molecule has 0 spiro atoms. The smallest absolute Gasteiger partial charge is 0.234 e. The Balaban J connectivity index is 1.72. The number of aliphatic hydroxyl groups is 1. The number of aryl methyl sites for hydroxylation is 2. The molecule has 2 aromatic heterocycles. The van der Waals surface area contributed by atoms with Gasteiger partial charge < -0.3 is 5.11 Å². The van der Waals surface area contributed by atoms with Crippen molar-refractivity contribution in [1.82, 2.24) is 19.3 Å². The highest BCUT2D eigenvalue weighted by Gasteiger charge is 2.30. The predicted octanol–water partition coefficient (Wildman–Crippen LogP) is 1.55. The second kappa shape index (κ2) is 5.14. The fourth-order valence-electron chi connectivity index (χ4n) is 2.68. The standard InChI is InChI=1S/C15H22N4O/c1-10-6-11(2)19-8-13(17-15(19)16-10)7-18(3)9-14(20)12-4-5-12/h6,8,12,14,20H,4-5,7,9H2,1-3H3.